The van der Waals surface area contributed by atoms with Crippen LogP contribution in [-0.2, 0) is 0 Å². The van der Waals surface area contributed by atoms with E-state index in [-0.39, 0.29) is 0 Å². The van der Waals surface area contributed by atoms with Crippen LogP contribution < -0.4 is 10.6 Å². The van der Waals surface area contributed by atoms with Gasteiger partial charge in [-0.05, 0) is 59.7 Å². The summed E-state index contributed by atoms with van der Waals surface area (Å²) >= 11 is 0. The Hall–Kier alpha value is -0.810. The molecule has 0 bridgehead atoms. The Labute approximate surface area is 136 Å². The van der Waals surface area contributed by atoms with E-state index in [9.17, 15) is 0 Å². The van der Waals surface area contributed by atoms with Crippen molar-refractivity contribution in [1.29, 1.82) is 0 Å². The zero-order valence-electron chi connectivity index (χ0n) is 14.8. The number of likely N-dealkylation sites (N-methyl/N-ethyl adjacent to an activating group) is 1. The fourth-order valence-electron chi connectivity index (χ4n) is 3.05. The van der Waals surface area contributed by atoms with Crippen molar-refractivity contribution < 1.29 is 0 Å². The molecule has 5 heteroatoms. The van der Waals surface area contributed by atoms with Crippen LogP contribution in [0.4, 0.5) is 0 Å². The van der Waals surface area contributed by atoms with Gasteiger partial charge in [-0.3, -0.25) is 9.89 Å². The molecule has 2 rings (SSSR count). The number of likely N-dealkylation sites (tertiary alicyclic amines) is 1. The molecule has 5 nitrogen and oxygen atoms in total. The molecule has 2 aliphatic rings. The molecule has 1 aliphatic carbocycles. The highest BCUT2D eigenvalue weighted by Gasteiger charge is 2.28. The van der Waals surface area contributed by atoms with Crippen LogP contribution in [-0.4, -0.2) is 74.2 Å². The first-order chi connectivity index (χ1) is 10.7. The SMILES string of the molecule is CCNC(=NCC(C)N(C)C1CC1)NCCN1CCCCC1. The lowest BCUT2D eigenvalue weighted by atomic mass is 10.1. The average Bonchev–Trinajstić information content (AvgIpc) is 3.37. The van der Waals surface area contributed by atoms with Crippen molar-refractivity contribution in [2.75, 3.05) is 46.3 Å². The van der Waals surface area contributed by atoms with Crippen molar-refractivity contribution in [3.8, 4) is 0 Å². The number of hydrogen-bond donors (Lipinski definition) is 2. The Morgan fingerprint density at radius 2 is 1.95 bits per heavy atom. The van der Waals surface area contributed by atoms with Gasteiger partial charge in [-0.1, -0.05) is 6.42 Å². The minimum Gasteiger partial charge on any atom is -0.357 e. The third-order valence-corrected chi connectivity index (χ3v) is 4.85. The average molecular weight is 310 g/mol. The van der Waals surface area contributed by atoms with Crippen LogP contribution in [0.2, 0.25) is 0 Å². The second-order valence-corrected chi connectivity index (χ2v) is 6.79. The standard InChI is InChI=1S/C17H35N5/c1-4-18-17(19-10-13-22-11-6-5-7-12-22)20-14-15(2)21(3)16-8-9-16/h15-16H,4-14H2,1-3H3,(H2,18,19,20). The van der Waals surface area contributed by atoms with E-state index in [1.807, 2.05) is 0 Å². The molecule has 1 aliphatic heterocycles. The van der Waals surface area contributed by atoms with Crippen molar-refractivity contribution in [1.82, 2.24) is 20.4 Å². The summed E-state index contributed by atoms with van der Waals surface area (Å²) in [4.78, 5) is 9.79. The lowest BCUT2D eigenvalue weighted by Crippen LogP contribution is -2.43. The van der Waals surface area contributed by atoms with Crippen LogP contribution in [0.1, 0.15) is 46.0 Å². The zero-order valence-corrected chi connectivity index (χ0v) is 14.8. The largest absolute Gasteiger partial charge is 0.357 e. The van der Waals surface area contributed by atoms with E-state index >= 15 is 0 Å². The minimum absolute atomic E-state index is 0.519. The van der Waals surface area contributed by atoms with E-state index in [0.717, 1.165) is 38.2 Å². The molecule has 0 aromatic carbocycles. The molecule has 1 unspecified atom stereocenters. The summed E-state index contributed by atoms with van der Waals surface area (Å²) in [5.74, 6) is 0.968. The quantitative estimate of drug-likeness (QED) is 0.527. The maximum atomic E-state index is 4.76. The number of piperidine rings is 1. The van der Waals surface area contributed by atoms with Crippen LogP contribution in [0.3, 0.4) is 0 Å². The van der Waals surface area contributed by atoms with Crippen LogP contribution in [0.15, 0.2) is 4.99 Å². The van der Waals surface area contributed by atoms with Gasteiger partial charge in [-0.2, -0.15) is 0 Å². The maximum absolute atomic E-state index is 4.76. The van der Waals surface area contributed by atoms with Crippen LogP contribution in [0.5, 0.6) is 0 Å². The molecule has 2 N–H and O–H groups in total. The molecule has 0 amide bonds. The van der Waals surface area contributed by atoms with Crippen molar-refractivity contribution in [3.05, 3.63) is 0 Å². The van der Waals surface area contributed by atoms with Gasteiger partial charge in [0.1, 0.15) is 0 Å². The van der Waals surface area contributed by atoms with Gasteiger partial charge in [0, 0.05) is 31.7 Å². The summed E-state index contributed by atoms with van der Waals surface area (Å²) in [7, 11) is 2.23. The number of guanidine groups is 1. The second-order valence-electron chi connectivity index (χ2n) is 6.79. The van der Waals surface area contributed by atoms with E-state index in [1.165, 1.54) is 45.2 Å². The third kappa shape index (κ3) is 6.13. The Balaban J connectivity index is 1.69. The molecule has 0 aromatic heterocycles. The third-order valence-electron chi connectivity index (χ3n) is 4.85. The molecular formula is C17H35N5. The van der Waals surface area contributed by atoms with E-state index in [4.69, 9.17) is 4.99 Å². The van der Waals surface area contributed by atoms with Crippen molar-refractivity contribution in [3.63, 3.8) is 0 Å². The first-order valence-electron chi connectivity index (χ1n) is 9.17. The second kappa shape index (κ2) is 9.36. The van der Waals surface area contributed by atoms with Gasteiger partial charge >= 0.3 is 0 Å². The number of rotatable bonds is 8. The molecule has 22 heavy (non-hydrogen) atoms. The fraction of sp³-hybridized carbons (Fsp3) is 0.941. The number of nitrogens with zero attached hydrogens (tertiary/aromatic N) is 3. The first-order valence-corrected chi connectivity index (χ1v) is 9.17. The summed E-state index contributed by atoms with van der Waals surface area (Å²) in [6, 6.07) is 1.32. The molecule has 0 spiro atoms. The molecule has 1 atom stereocenters. The molecule has 0 aromatic rings. The normalized spacial score (nSPS) is 21.9. The smallest absolute Gasteiger partial charge is 0.191 e. The van der Waals surface area contributed by atoms with Gasteiger partial charge in [0.05, 0.1) is 6.54 Å². The van der Waals surface area contributed by atoms with Gasteiger partial charge in [0.2, 0.25) is 0 Å². The predicted molar refractivity (Wildman–Crippen MR) is 94.5 cm³/mol. The molecule has 0 radical (unpaired) electrons. The Morgan fingerprint density at radius 1 is 1.23 bits per heavy atom. The highest BCUT2D eigenvalue weighted by molar-refractivity contribution is 5.79. The number of hydrogen-bond acceptors (Lipinski definition) is 3. The van der Waals surface area contributed by atoms with Gasteiger partial charge < -0.3 is 15.5 Å². The predicted octanol–water partition coefficient (Wildman–Crippen LogP) is 1.51. The summed E-state index contributed by atoms with van der Waals surface area (Å²) in [6.07, 6.45) is 6.84. The number of nitrogens with one attached hydrogen (secondary N) is 2. The lowest BCUT2D eigenvalue weighted by molar-refractivity contribution is 0.232. The Morgan fingerprint density at radius 3 is 2.59 bits per heavy atom. The van der Waals surface area contributed by atoms with Gasteiger partial charge in [-0.15, -0.1) is 0 Å². The maximum Gasteiger partial charge on any atom is 0.191 e. The van der Waals surface area contributed by atoms with Crippen LogP contribution in [0, 0.1) is 0 Å². The summed E-state index contributed by atoms with van der Waals surface area (Å²) in [5, 5.41) is 6.85. The van der Waals surface area contributed by atoms with Crippen molar-refractivity contribution >= 4 is 5.96 Å². The van der Waals surface area contributed by atoms with Crippen LogP contribution >= 0.6 is 0 Å². The molecule has 128 valence electrons. The monoisotopic (exact) mass is 309 g/mol. The molecule has 1 saturated heterocycles. The summed E-state index contributed by atoms with van der Waals surface area (Å²) < 4.78 is 0. The van der Waals surface area contributed by atoms with Gasteiger partial charge in [0.15, 0.2) is 5.96 Å². The zero-order chi connectivity index (χ0) is 15.8. The molecule has 2 fully saturated rings. The summed E-state index contributed by atoms with van der Waals surface area (Å²) in [6.45, 7) is 10.8. The number of aliphatic imine (C=N–C) groups is 1. The van der Waals surface area contributed by atoms with Crippen LogP contribution in [0.25, 0.3) is 0 Å². The summed E-state index contributed by atoms with van der Waals surface area (Å²) in [5.41, 5.74) is 0. The molecule has 1 heterocycles. The van der Waals surface area contributed by atoms with Gasteiger partial charge in [0.25, 0.3) is 0 Å². The van der Waals surface area contributed by atoms with Crippen molar-refractivity contribution in [2.24, 2.45) is 4.99 Å². The van der Waals surface area contributed by atoms with Crippen molar-refractivity contribution in [2.45, 2.75) is 58.0 Å². The topological polar surface area (TPSA) is 42.9 Å². The highest BCUT2D eigenvalue weighted by Crippen LogP contribution is 2.26. The molecule has 1 saturated carbocycles. The minimum atomic E-state index is 0.519. The Bertz CT molecular complexity index is 334. The van der Waals surface area contributed by atoms with Gasteiger partial charge in [-0.25, -0.2) is 0 Å². The van der Waals surface area contributed by atoms with E-state index in [1.54, 1.807) is 0 Å². The molecular weight excluding hydrogens is 274 g/mol. The highest BCUT2D eigenvalue weighted by atomic mass is 15.2. The van der Waals surface area contributed by atoms with E-state index in [2.05, 4.69) is 41.3 Å². The fourth-order valence-corrected chi connectivity index (χ4v) is 3.05. The Kier molecular flexibility index (Phi) is 7.46. The van der Waals surface area contributed by atoms with E-state index in [0.29, 0.717) is 6.04 Å². The lowest BCUT2D eigenvalue weighted by Gasteiger charge is -2.27. The van der Waals surface area contributed by atoms with E-state index < -0.39 is 0 Å². The first kappa shape index (κ1) is 17.5.